The predicted octanol–water partition coefficient (Wildman–Crippen LogP) is 1.09. The number of nitrogens with one attached hydrogen (secondary N) is 1. The minimum atomic E-state index is -0.156. The highest BCUT2D eigenvalue weighted by Crippen LogP contribution is 2.10. The van der Waals surface area contributed by atoms with Crippen molar-refractivity contribution in [1.29, 1.82) is 5.26 Å². The molecule has 1 heterocycles. The van der Waals surface area contributed by atoms with Crippen LogP contribution in [0.5, 0.6) is 0 Å². The fourth-order valence-electron chi connectivity index (χ4n) is 0.909. The van der Waals surface area contributed by atoms with Gasteiger partial charge < -0.3 is 5.32 Å². The van der Waals surface area contributed by atoms with Crippen LogP contribution < -0.4 is 5.32 Å². The standard InChI is InChI=1S/C10H10N4/c1-4-7(2)13-10-9(5-11)6-12-8(3)14-10/h1,6-7H,2-3H3,(H,12,13,14). The van der Waals surface area contributed by atoms with E-state index in [1.165, 1.54) is 6.20 Å². The molecule has 4 heteroatoms. The number of nitriles is 1. The number of aryl methyl sites for hydroxylation is 1. The van der Waals surface area contributed by atoms with Crippen LogP contribution in [0.15, 0.2) is 6.20 Å². The molecule has 0 aliphatic rings. The van der Waals surface area contributed by atoms with Crippen molar-refractivity contribution in [2.75, 3.05) is 5.32 Å². The summed E-state index contributed by atoms with van der Waals surface area (Å²) >= 11 is 0. The van der Waals surface area contributed by atoms with Crippen LogP contribution in [0.2, 0.25) is 0 Å². The van der Waals surface area contributed by atoms with E-state index in [0.717, 1.165) is 0 Å². The molecular weight excluding hydrogens is 176 g/mol. The Labute approximate surface area is 83.0 Å². The monoisotopic (exact) mass is 186 g/mol. The van der Waals surface area contributed by atoms with Crippen LogP contribution in [0.4, 0.5) is 5.82 Å². The molecule has 0 fully saturated rings. The quantitative estimate of drug-likeness (QED) is 0.702. The van der Waals surface area contributed by atoms with Crippen molar-refractivity contribution in [3.05, 3.63) is 17.6 Å². The topological polar surface area (TPSA) is 61.6 Å². The van der Waals surface area contributed by atoms with Crippen LogP contribution >= 0.6 is 0 Å². The second-order valence-corrected chi connectivity index (χ2v) is 2.82. The summed E-state index contributed by atoms with van der Waals surface area (Å²) in [4.78, 5) is 8.01. The lowest BCUT2D eigenvalue weighted by Crippen LogP contribution is -2.15. The third-order valence-corrected chi connectivity index (χ3v) is 1.63. The predicted molar refractivity (Wildman–Crippen MR) is 53.4 cm³/mol. The van der Waals surface area contributed by atoms with Crippen LogP contribution in [0, 0.1) is 30.6 Å². The SMILES string of the molecule is C#CC(C)Nc1nc(C)ncc1C#N. The Hall–Kier alpha value is -2.07. The lowest BCUT2D eigenvalue weighted by atomic mass is 10.3. The summed E-state index contributed by atoms with van der Waals surface area (Å²) in [5, 5.41) is 11.7. The molecular formula is C10H10N4. The third-order valence-electron chi connectivity index (χ3n) is 1.63. The first kappa shape index (κ1) is 10.0. The van der Waals surface area contributed by atoms with E-state index in [0.29, 0.717) is 17.2 Å². The molecule has 14 heavy (non-hydrogen) atoms. The molecule has 1 aromatic heterocycles. The molecule has 0 aliphatic heterocycles. The van der Waals surface area contributed by atoms with Crippen LogP contribution in [0.1, 0.15) is 18.3 Å². The molecule has 0 saturated carbocycles. The molecule has 0 radical (unpaired) electrons. The minimum absolute atomic E-state index is 0.156. The van der Waals surface area contributed by atoms with Gasteiger partial charge in [0.1, 0.15) is 23.3 Å². The largest absolute Gasteiger partial charge is 0.356 e. The third kappa shape index (κ3) is 2.21. The Kier molecular flexibility index (Phi) is 3.04. The molecule has 70 valence electrons. The summed E-state index contributed by atoms with van der Waals surface area (Å²) in [5.74, 6) is 3.60. The van der Waals surface area contributed by atoms with Gasteiger partial charge in [-0.25, -0.2) is 9.97 Å². The number of aromatic nitrogens is 2. The molecule has 1 rings (SSSR count). The summed E-state index contributed by atoms with van der Waals surface area (Å²) in [7, 11) is 0. The number of nitrogens with zero attached hydrogens (tertiary/aromatic N) is 3. The molecule has 4 nitrogen and oxygen atoms in total. The molecule has 1 N–H and O–H groups in total. The first-order chi connectivity index (χ1) is 6.67. The maximum absolute atomic E-state index is 8.77. The van der Waals surface area contributed by atoms with E-state index in [9.17, 15) is 0 Å². The molecule has 0 spiro atoms. The van der Waals surface area contributed by atoms with Gasteiger partial charge in [0.15, 0.2) is 0 Å². The van der Waals surface area contributed by atoms with Crippen LogP contribution in [0.25, 0.3) is 0 Å². The lowest BCUT2D eigenvalue weighted by Gasteiger charge is -2.09. The maximum Gasteiger partial charge on any atom is 0.148 e. The van der Waals surface area contributed by atoms with E-state index in [2.05, 4.69) is 21.2 Å². The Bertz CT molecular complexity index is 411. The molecule has 0 amide bonds. The van der Waals surface area contributed by atoms with Gasteiger partial charge >= 0.3 is 0 Å². The van der Waals surface area contributed by atoms with Gasteiger partial charge in [0.25, 0.3) is 0 Å². The lowest BCUT2D eigenvalue weighted by molar-refractivity contribution is 0.974. The summed E-state index contributed by atoms with van der Waals surface area (Å²) in [6, 6.07) is 1.84. The number of rotatable bonds is 2. The fourth-order valence-corrected chi connectivity index (χ4v) is 0.909. The Morgan fingerprint density at radius 1 is 1.64 bits per heavy atom. The molecule has 1 atom stereocenters. The number of terminal acetylenes is 1. The van der Waals surface area contributed by atoms with E-state index >= 15 is 0 Å². The number of hydrogen-bond donors (Lipinski definition) is 1. The highest BCUT2D eigenvalue weighted by Gasteiger charge is 2.06. The average molecular weight is 186 g/mol. The maximum atomic E-state index is 8.77. The Balaban J connectivity index is 3.02. The van der Waals surface area contributed by atoms with Crippen molar-refractivity contribution >= 4 is 5.82 Å². The molecule has 0 saturated heterocycles. The van der Waals surface area contributed by atoms with Gasteiger partial charge in [-0.05, 0) is 13.8 Å². The van der Waals surface area contributed by atoms with Gasteiger partial charge in [-0.15, -0.1) is 6.42 Å². The van der Waals surface area contributed by atoms with Gasteiger partial charge in [-0.1, -0.05) is 5.92 Å². The minimum Gasteiger partial charge on any atom is -0.356 e. The van der Waals surface area contributed by atoms with Gasteiger partial charge in [-0.3, -0.25) is 0 Å². The first-order valence-corrected chi connectivity index (χ1v) is 4.13. The van der Waals surface area contributed by atoms with E-state index in [-0.39, 0.29) is 6.04 Å². The average Bonchev–Trinajstić information content (AvgIpc) is 2.18. The highest BCUT2D eigenvalue weighted by atomic mass is 15.0. The number of hydrogen-bond acceptors (Lipinski definition) is 4. The van der Waals surface area contributed by atoms with Crippen molar-refractivity contribution in [2.24, 2.45) is 0 Å². The van der Waals surface area contributed by atoms with Crippen LogP contribution in [0.3, 0.4) is 0 Å². The summed E-state index contributed by atoms with van der Waals surface area (Å²) < 4.78 is 0. The van der Waals surface area contributed by atoms with Crippen LogP contribution in [-0.2, 0) is 0 Å². The van der Waals surface area contributed by atoms with Gasteiger partial charge in [0.2, 0.25) is 0 Å². The van der Waals surface area contributed by atoms with Crippen molar-refractivity contribution in [2.45, 2.75) is 19.9 Å². The molecule has 0 bridgehead atoms. The van der Waals surface area contributed by atoms with Gasteiger partial charge in [-0.2, -0.15) is 5.26 Å². The van der Waals surface area contributed by atoms with Crippen molar-refractivity contribution in [1.82, 2.24) is 9.97 Å². The zero-order valence-corrected chi connectivity index (χ0v) is 8.07. The van der Waals surface area contributed by atoms with Crippen molar-refractivity contribution in [3.63, 3.8) is 0 Å². The summed E-state index contributed by atoms with van der Waals surface area (Å²) in [6.45, 7) is 3.57. The molecule has 1 unspecified atom stereocenters. The van der Waals surface area contributed by atoms with E-state index in [1.54, 1.807) is 6.92 Å². The van der Waals surface area contributed by atoms with Gasteiger partial charge in [0, 0.05) is 0 Å². The molecule has 0 aliphatic carbocycles. The van der Waals surface area contributed by atoms with Crippen molar-refractivity contribution in [3.8, 4) is 18.4 Å². The molecule has 0 aromatic carbocycles. The smallest absolute Gasteiger partial charge is 0.148 e. The van der Waals surface area contributed by atoms with Crippen molar-refractivity contribution < 1.29 is 0 Å². The van der Waals surface area contributed by atoms with E-state index in [4.69, 9.17) is 11.7 Å². The fraction of sp³-hybridized carbons (Fsp3) is 0.300. The Morgan fingerprint density at radius 2 is 2.36 bits per heavy atom. The van der Waals surface area contributed by atoms with Crippen LogP contribution in [-0.4, -0.2) is 16.0 Å². The van der Waals surface area contributed by atoms with E-state index < -0.39 is 0 Å². The second kappa shape index (κ2) is 4.25. The Morgan fingerprint density at radius 3 is 2.93 bits per heavy atom. The normalized spacial score (nSPS) is 11.1. The summed E-state index contributed by atoms with van der Waals surface area (Å²) in [6.07, 6.45) is 6.69. The zero-order valence-electron chi connectivity index (χ0n) is 8.07. The highest BCUT2D eigenvalue weighted by molar-refractivity contribution is 5.51. The first-order valence-electron chi connectivity index (χ1n) is 4.13. The van der Waals surface area contributed by atoms with E-state index in [1.807, 2.05) is 13.0 Å². The summed E-state index contributed by atoms with van der Waals surface area (Å²) in [5.41, 5.74) is 0.401. The van der Waals surface area contributed by atoms with Gasteiger partial charge in [0.05, 0.1) is 12.2 Å². The number of anilines is 1. The second-order valence-electron chi connectivity index (χ2n) is 2.82. The molecule has 1 aromatic rings. The zero-order chi connectivity index (χ0) is 10.6.